The zero-order chi connectivity index (χ0) is 9.10. The molecule has 0 saturated carbocycles. The van der Waals surface area contributed by atoms with E-state index in [1.54, 1.807) is 12.1 Å². The normalized spacial score (nSPS) is 9.14. The molecular formula is C12H10AlO. The van der Waals surface area contributed by atoms with Crippen LogP contribution in [-0.4, -0.2) is 22.5 Å². The molecule has 0 aromatic heterocycles. The van der Waals surface area contributed by atoms with Gasteiger partial charge in [0.05, 0.1) is 0 Å². The van der Waals surface area contributed by atoms with Crippen molar-refractivity contribution in [3.63, 3.8) is 0 Å². The molecule has 2 aromatic carbocycles. The highest BCUT2D eigenvalue weighted by Gasteiger charge is 1.95. The van der Waals surface area contributed by atoms with Crippen LogP contribution in [0.5, 0.6) is 5.75 Å². The van der Waals surface area contributed by atoms with E-state index in [2.05, 4.69) is 0 Å². The Labute approximate surface area is 94.2 Å². The number of rotatable bonds is 1. The Morgan fingerprint density at radius 2 is 1.36 bits per heavy atom. The number of aromatic hydroxyl groups is 1. The molecule has 1 N–H and O–H groups in total. The summed E-state index contributed by atoms with van der Waals surface area (Å²) in [5.74, 6) is 0.307. The Morgan fingerprint density at radius 3 is 2.00 bits per heavy atom. The van der Waals surface area contributed by atoms with Crippen LogP contribution in [0.2, 0.25) is 0 Å². The van der Waals surface area contributed by atoms with E-state index in [-0.39, 0.29) is 17.4 Å². The quantitative estimate of drug-likeness (QED) is 0.697. The molecule has 0 saturated heterocycles. The molecule has 1 nitrogen and oxygen atoms in total. The summed E-state index contributed by atoms with van der Waals surface area (Å²) in [4.78, 5) is 0. The molecule has 67 valence electrons. The summed E-state index contributed by atoms with van der Waals surface area (Å²) in [6.07, 6.45) is 0. The Kier molecular flexibility index (Phi) is 3.76. The minimum atomic E-state index is 0. The van der Waals surface area contributed by atoms with Gasteiger partial charge in [-0.3, -0.25) is 0 Å². The molecule has 14 heavy (non-hydrogen) atoms. The highest BCUT2D eigenvalue weighted by atomic mass is 27.0. The third kappa shape index (κ3) is 2.38. The molecule has 0 bridgehead atoms. The van der Waals surface area contributed by atoms with Crippen LogP contribution in [0.15, 0.2) is 54.6 Å². The van der Waals surface area contributed by atoms with E-state index in [0.717, 1.165) is 11.1 Å². The van der Waals surface area contributed by atoms with Crippen LogP contribution in [0.1, 0.15) is 0 Å². The number of benzene rings is 2. The van der Waals surface area contributed by atoms with Gasteiger partial charge in [0.2, 0.25) is 0 Å². The van der Waals surface area contributed by atoms with Gasteiger partial charge in [0.25, 0.3) is 0 Å². The summed E-state index contributed by atoms with van der Waals surface area (Å²) < 4.78 is 0. The van der Waals surface area contributed by atoms with Crippen molar-refractivity contribution in [2.24, 2.45) is 0 Å². The topological polar surface area (TPSA) is 20.2 Å². The zero-order valence-electron chi connectivity index (χ0n) is 7.72. The first kappa shape index (κ1) is 10.9. The minimum Gasteiger partial charge on any atom is -0.508 e. The molecule has 0 spiro atoms. The molecule has 0 aliphatic rings. The first-order valence-electron chi connectivity index (χ1n) is 4.21. The largest absolute Gasteiger partial charge is 0.508 e. The van der Waals surface area contributed by atoms with Gasteiger partial charge in [-0.25, -0.2) is 0 Å². The fourth-order valence-electron chi connectivity index (χ4n) is 1.32. The van der Waals surface area contributed by atoms with Crippen LogP contribution in [0, 0.1) is 0 Å². The number of hydrogen-bond acceptors (Lipinski definition) is 1. The predicted molar refractivity (Wildman–Crippen MR) is 59.3 cm³/mol. The van der Waals surface area contributed by atoms with E-state index >= 15 is 0 Å². The lowest BCUT2D eigenvalue weighted by molar-refractivity contribution is 0.475. The average molecular weight is 197 g/mol. The number of phenols is 1. The molecule has 0 fully saturated rings. The highest BCUT2D eigenvalue weighted by molar-refractivity contribution is 5.75. The molecule has 0 atom stereocenters. The molecule has 0 amide bonds. The monoisotopic (exact) mass is 197 g/mol. The van der Waals surface area contributed by atoms with E-state index < -0.39 is 0 Å². The van der Waals surface area contributed by atoms with Crippen LogP contribution in [-0.2, 0) is 0 Å². The van der Waals surface area contributed by atoms with Gasteiger partial charge >= 0.3 is 0 Å². The van der Waals surface area contributed by atoms with Crippen LogP contribution in [0.25, 0.3) is 11.1 Å². The lowest BCUT2D eigenvalue weighted by atomic mass is 10.1. The Morgan fingerprint density at radius 1 is 0.714 bits per heavy atom. The SMILES string of the molecule is Oc1cccc(-c2ccccc2)c1.[Al]. The van der Waals surface area contributed by atoms with Crippen molar-refractivity contribution in [3.8, 4) is 16.9 Å². The summed E-state index contributed by atoms with van der Waals surface area (Å²) in [5.41, 5.74) is 2.17. The summed E-state index contributed by atoms with van der Waals surface area (Å²) in [6, 6.07) is 17.3. The van der Waals surface area contributed by atoms with Gasteiger partial charge in [0.1, 0.15) is 5.75 Å². The Balaban J connectivity index is 0.000000980. The maximum absolute atomic E-state index is 9.27. The fourth-order valence-corrected chi connectivity index (χ4v) is 1.32. The molecule has 0 aliphatic heterocycles. The van der Waals surface area contributed by atoms with E-state index in [0.29, 0.717) is 5.75 Å². The van der Waals surface area contributed by atoms with E-state index in [9.17, 15) is 5.11 Å². The van der Waals surface area contributed by atoms with Gasteiger partial charge in [-0.05, 0) is 23.3 Å². The zero-order valence-corrected chi connectivity index (χ0v) is 8.88. The lowest BCUT2D eigenvalue weighted by Crippen LogP contribution is -1.75. The molecule has 0 aliphatic carbocycles. The molecule has 3 radical (unpaired) electrons. The summed E-state index contributed by atoms with van der Waals surface area (Å²) in [5, 5.41) is 9.27. The van der Waals surface area contributed by atoms with E-state index in [1.165, 1.54) is 0 Å². The second kappa shape index (κ2) is 4.86. The second-order valence-electron chi connectivity index (χ2n) is 2.92. The molecule has 2 heteroatoms. The first-order valence-corrected chi connectivity index (χ1v) is 4.21. The summed E-state index contributed by atoms with van der Waals surface area (Å²) in [6.45, 7) is 0. The van der Waals surface area contributed by atoms with E-state index in [4.69, 9.17) is 0 Å². The second-order valence-corrected chi connectivity index (χ2v) is 2.92. The van der Waals surface area contributed by atoms with Gasteiger partial charge < -0.3 is 5.11 Å². The van der Waals surface area contributed by atoms with Crippen molar-refractivity contribution >= 4 is 17.4 Å². The minimum absolute atomic E-state index is 0. The third-order valence-corrected chi connectivity index (χ3v) is 1.95. The predicted octanol–water partition coefficient (Wildman–Crippen LogP) is 2.68. The maximum atomic E-state index is 9.27. The molecule has 0 unspecified atom stereocenters. The van der Waals surface area contributed by atoms with Crippen LogP contribution < -0.4 is 0 Å². The van der Waals surface area contributed by atoms with Gasteiger partial charge in [0, 0.05) is 17.4 Å². The Hall–Kier alpha value is -1.23. The summed E-state index contributed by atoms with van der Waals surface area (Å²) in [7, 11) is 0. The highest BCUT2D eigenvalue weighted by Crippen LogP contribution is 2.22. The van der Waals surface area contributed by atoms with Crippen molar-refractivity contribution in [2.75, 3.05) is 0 Å². The molecular weight excluding hydrogens is 187 g/mol. The molecule has 0 heterocycles. The number of phenolic OH excluding ortho intramolecular Hbond substituents is 1. The van der Waals surface area contributed by atoms with Gasteiger partial charge in [0.15, 0.2) is 0 Å². The third-order valence-electron chi connectivity index (χ3n) is 1.95. The van der Waals surface area contributed by atoms with Crippen molar-refractivity contribution in [1.29, 1.82) is 0 Å². The van der Waals surface area contributed by atoms with Crippen molar-refractivity contribution < 1.29 is 5.11 Å². The average Bonchev–Trinajstić information content (AvgIpc) is 2.19. The van der Waals surface area contributed by atoms with Crippen LogP contribution in [0.3, 0.4) is 0 Å². The Bertz CT molecular complexity index is 398. The standard InChI is InChI=1S/C12H10O.Al/c13-12-8-4-7-11(9-12)10-5-2-1-3-6-10;/h1-9,13H;. The van der Waals surface area contributed by atoms with Crippen molar-refractivity contribution in [1.82, 2.24) is 0 Å². The lowest BCUT2D eigenvalue weighted by Gasteiger charge is -2.00. The molecule has 2 rings (SSSR count). The van der Waals surface area contributed by atoms with Gasteiger partial charge in [-0.15, -0.1) is 0 Å². The van der Waals surface area contributed by atoms with Crippen molar-refractivity contribution in [3.05, 3.63) is 54.6 Å². The fraction of sp³-hybridized carbons (Fsp3) is 0. The molecule has 2 aromatic rings. The van der Waals surface area contributed by atoms with Crippen LogP contribution >= 0.6 is 0 Å². The summed E-state index contributed by atoms with van der Waals surface area (Å²) >= 11 is 0. The smallest absolute Gasteiger partial charge is 0.116 e. The van der Waals surface area contributed by atoms with Crippen LogP contribution in [0.4, 0.5) is 0 Å². The van der Waals surface area contributed by atoms with Gasteiger partial charge in [-0.2, -0.15) is 0 Å². The first-order chi connectivity index (χ1) is 6.36. The van der Waals surface area contributed by atoms with Gasteiger partial charge in [-0.1, -0.05) is 42.5 Å². The maximum Gasteiger partial charge on any atom is 0.116 e. The number of hydrogen-bond donors (Lipinski definition) is 1. The van der Waals surface area contributed by atoms with Crippen molar-refractivity contribution in [2.45, 2.75) is 0 Å². The van der Waals surface area contributed by atoms with E-state index in [1.807, 2.05) is 42.5 Å².